The molecule has 6 nitrogen and oxygen atoms in total. The number of aromatic nitrogens is 2. The zero-order valence-electron chi connectivity index (χ0n) is 10.2. The predicted octanol–water partition coefficient (Wildman–Crippen LogP) is 3.38. The van der Waals surface area contributed by atoms with Crippen molar-refractivity contribution in [3.8, 4) is 0 Å². The Morgan fingerprint density at radius 2 is 2.19 bits per heavy atom. The number of thioether (sulfide) groups is 1. The molecule has 1 heterocycles. The summed E-state index contributed by atoms with van der Waals surface area (Å²) in [5.74, 6) is -1.46. The van der Waals surface area contributed by atoms with Crippen LogP contribution < -0.4 is 5.32 Å². The number of halogens is 2. The third-order valence-electron chi connectivity index (χ3n) is 2.12. The van der Waals surface area contributed by atoms with Crippen LogP contribution in [0.3, 0.4) is 0 Å². The average Bonchev–Trinajstić information content (AvgIpc) is 2.83. The second kappa shape index (κ2) is 7.21. The second-order valence-electron chi connectivity index (χ2n) is 3.63. The molecule has 1 amide bonds. The Kier molecular flexibility index (Phi) is 5.57. The van der Waals surface area contributed by atoms with Gasteiger partial charge in [-0.1, -0.05) is 50.6 Å². The van der Waals surface area contributed by atoms with Crippen LogP contribution in [0.15, 0.2) is 27.0 Å². The first kappa shape index (κ1) is 16.2. The molecule has 21 heavy (non-hydrogen) atoms. The lowest BCUT2D eigenvalue weighted by molar-refractivity contribution is -0.133. The molecule has 0 fully saturated rings. The highest BCUT2D eigenvalue weighted by Gasteiger charge is 2.14. The molecule has 0 aliphatic rings. The van der Waals surface area contributed by atoms with Gasteiger partial charge in [0.1, 0.15) is 0 Å². The number of carbonyl (C=O) groups is 2. The van der Waals surface area contributed by atoms with E-state index in [4.69, 9.17) is 16.7 Å². The number of rotatable bonds is 5. The molecule has 10 heteroatoms. The number of aliphatic carboxylic acids is 1. The number of nitrogens with one attached hydrogen (secondary N) is 1. The van der Waals surface area contributed by atoms with Crippen molar-refractivity contribution in [2.24, 2.45) is 0 Å². The Morgan fingerprint density at radius 3 is 2.86 bits per heavy atom. The Hall–Kier alpha value is -1.16. The summed E-state index contributed by atoms with van der Waals surface area (Å²) in [6.07, 6.45) is 0. The number of hydrogen-bond acceptors (Lipinski definition) is 6. The maximum absolute atomic E-state index is 12.0. The summed E-state index contributed by atoms with van der Waals surface area (Å²) in [6, 6.07) is 4.91. The van der Waals surface area contributed by atoms with Crippen molar-refractivity contribution in [3.63, 3.8) is 0 Å². The average molecular weight is 409 g/mol. The fourth-order valence-corrected chi connectivity index (χ4v) is 3.51. The lowest BCUT2D eigenvalue weighted by Crippen LogP contribution is -2.12. The van der Waals surface area contributed by atoms with Crippen LogP contribution in [0.4, 0.5) is 5.13 Å². The molecule has 0 saturated heterocycles. The van der Waals surface area contributed by atoms with Crippen molar-refractivity contribution < 1.29 is 14.7 Å². The summed E-state index contributed by atoms with van der Waals surface area (Å²) in [6.45, 7) is 0. The first-order valence-electron chi connectivity index (χ1n) is 5.40. The number of carbonyl (C=O) groups excluding carboxylic acids is 1. The molecule has 0 bridgehead atoms. The molecule has 2 N–H and O–H groups in total. The maximum Gasteiger partial charge on any atom is 0.313 e. The molecular weight excluding hydrogens is 402 g/mol. The van der Waals surface area contributed by atoms with E-state index in [1.165, 1.54) is 0 Å². The normalized spacial score (nSPS) is 10.4. The van der Waals surface area contributed by atoms with E-state index in [2.05, 4.69) is 31.4 Å². The van der Waals surface area contributed by atoms with Crippen molar-refractivity contribution in [2.45, 2.75) is 4.34 Å². The van der Waals surface area contributed by atoms with Crippen LogP contribution in [0, 0.1) is 0 Å². The molecule has 2 rings (SSSR count). The molecule has 2 aromatic rings. The number of hydrogen-bond donors (Lipinski definition) is 2. The predicted molar refractivity (Wildman–Crippen MR) is 85.4 cm³/mol. The monoisotopic (exact) mass is 407 g/mol. The van der Waals surface area contributed by atoms with E-state index in [0.29, 0.717) is 14.9 Å². The van der Waals surface area contributed by atoms with Crippen molar-refractivity contribution in [1.29, 1.82) is 0 Å². The minimum absolute atomic E-state index is 0.110. The van der Waals surface area contributed by atoms with Crippen molar-refractivity contribution in [1.82, 2.24) is 10.2 Å². The van der Waals surface area contributed by atoms with Gasteiger partial charge in [-0.2, -0.15) is 0 Å². The summed E-state index contributed by atoms with van der Waals surface area (Å²) in [7, 11) is 0. The molecule has 1 aromatic heterocycles. The minimum Gasteiger partial charge on any atom is -0.481 e. The molecule has 0 saturated carbocycles. The van der Waals surface area contributed by atoms with Gasteiger partial charge < -0.3 is 5.11 Å². The minimum atomic E-state index is -0.942. The zero-order valence-corrected chi connectivity index (χ0v) is 14.1. The van der Waals surface area contributed by atoms with Gasteiger partial charge >= 0.3 is 5.97 Å². The molecule has 0 aliphatic carbocycles. The molecule has 1 aromatic carbocycles. The van der Waals surface area contributed by atoms with E-state index >= 15 is 0 Å². The molecule has 0 aliphatic heterocycles. The SMILES string of the molecule is O=C(O)CSc1nnc(NC(=O)c2ccc(Br)cc2Cl)s1. The molecular formula is C11H7BrClN3O3S2. The molecule has 110 valence electrons. The number of carboxylic acids is 1. The largest absolute Gasteiger partial charge is 0.481 e. The van der Waals surface area contributed by atoms with Crippen LogP contribution in [-0.2, 0) is 4.79 Å². The van der Waals surface area contributed by atoms with Gasteiger partial charge in [-0.3, -0.25) is 14.9 Å². The van der Waals surface area contributed by atoms with Crippen LogP contribution in [0.5, 0.6) is 0 Å². The lowest BCUT2D eigenvalue weighted by Gasteiger charge is -2.03. The molecule has 0 spiro atoms. The highest BCUT2D eigenvalue weighted by molar-refractivity contribution is 9.10. The summed E-state index contributed by atoms with van der Waals surface area (Å²) in [5, 5.41) is 19.3. The summed E-state index contributed by atoms with van der Waals surface area (Å²) >= 11 is 11.4. The Balaban J connectivity index is 2.04. The second-order valence-corrected chi connectivity index (χ2v) is 7.16. The Morgan fingerprint density at radius 1 is 1.43 bits per heavy atom. The van der Waals surface area contributed by atoms with Crippen LogP contribution in [-0.4, -0.2) is 32.9 Å². The van der Waals surface area contributed by atoms with Gasteiger partial charge in [-0.15, -0.1) is 10.2 Å². The van der Waals surface area contributed by atoms with Gasteiger partial charge in [-0.05, 0) is 18.2 Å². The fraction of sp³-hybridized carbons (Fsp3) is 0.0909. The van der Waals surface area contributed by atoms with Crippen LogP contribution in [0.1, 0.15) is 10.4 Å². The lowest BCUT2D eigenvalue weighted by atomic mass is 10.2. The number of benzene rings is 1. The number of amides is 1. The Bertz CT molecular complexity index is 695. The van der Waals surface area contributed by atoms with Crippen LogP contribution in [0.2, 0.25) is 5.02 Å². The summed E-state index contributed by atoms with van der Waals surface area (Å²) in [5.41, 5.74) is 0.315. The van der Waals surface area contributed by atoms with Gasteiger partial charge in [0.2, 0.25) is 5.13 Å². The first-order valence-corrected chi connectivity index (χ1v) is 8.37. The number of anilines is 1. The van der Waals surface area contributed by atoms with Gasteiger partial charge in [0.25, 0.3) is 5.91 Å². The smallest absolute Gasteiger partial charge is 0.313 e. The van der Waals surface area contributed by atoms with E-state index in [1.54, 1.807) is 18.2 Å². The van der Waals surface area contributed by atoms with E-state index in [1.807, 2.05) is 0 Å². The van der Waals surface area contributed by atoms with E-state index in [9.17, 15) is 9.59 Å². The topological polar surface area (TPSA) is 92.2 Å². The van der Waals surface area contributed by atoms with Crippen LogP contribution in [0.25, 0.3) is 0 Å². The van der Waals surface area contributed by atoms with Gasteiger partial charge in [-0.25, -0.2) is 0 Å². The number of nitrogens with zero attached hydrogens (tertiary/aromatic N) is 2. The first-order chi connectivity index (χ1) is 9.95. The number of carboxylic acid groups (broad SMARTS) is 1. The maximum atomic E-state index is 12.0. The van der Waals surface area contributed by atoms with Crippen molar-refractivity contribution in [3.05, 3.63) is 33.3 Å². The quantitative estimate of drug-likeness (QED) is 0.582. The van der Waals surface area contributed by atoms with Crippen molar-refractivity contribution in [2.75, 3.05) is 11.1 Å². The third-order valence-corrected chi connectivity index (χ3v) is 4.88. The standard InChI is InChI=1S/C11H7BrClN3O3S2/c12-5-1-2-6(7(13)3-5)9(19)14-10-15-16-11(21-10)20-4-8(17)18/h1-3H,4H2,(H,17,18)(H,14,15,19). The van der Waals surface area contributed by atoms with Gasteiger partial charge in [0, 0.05) is 4.47 Å². The van der Waals surface area contributed by atoms with Crippen molar-refractivity contribution >= 4 is 67.6 Å². The summed E-state index contributed by atoms with van der Waals surface area (Å²) < 4.78 is 1.24. The van der Waals surface area contributed by atoms with Crippen LogP contribution >= 0.6 is 50.6 Å². The molecule has 0 unspecified atom stereocenters. The highest BCUT2D eigenvalue weighted by Crippen LogP contribution is 2.27. The van der Waals surface area contributed by atoms with E-state index in [0.717, 1.165) is 27.6 Å². The fourth-order valence-electron chi connectivity index (χ4n) is 1.28. The van der Waals surface area contributed by atoms with Gasteiger partial charge in [0.15, 0.2) is 4.34 Å². The van der Waals surface area contributed by atoms with E-state index in [-0.39, 0.29) is 10.9 Å². The Labute approximate surface area is 141 Å². The van der Waals surface area contributed by atoms with E-state index < -0.39 is 11.9 Å². The van der Waals surface area contributed by atoms with Gasteiger partial charge in [0.05, 0.1) is 16.3 Å². The molecule has 0 atom stereocenters. The molecule has 0 radical (unpaired) electrons. The third kappa shape index (κ3) is 4.67. The summed E-state index contributed by atoms with van der Waals surface area (Å²) in [4.78, 5) is 22.5. The highest BCUT2D eigenvalue weighted by atomic mass is 79.9. The zero-order chi connectivity index (χ0) is 15.4.